The number of unbranched alkanes of at least 4 members (excludes halogenated alkanes) is 3. The minimum atomic E-state index is 0.320. The van der Waals surface area contributed by atoms with Crippen LogP contribution in [0, 0.1) is 11.3 Å². The third-order valence-electron chi connectivity index (χ3n) is 2.82. The van der Waals surface area contributed by atoms with E-state index < -0.39 is 0 Å². The van der Waals surface area contributed by atoms with E-state index in [2.05, 4.69) is 23.3 Å². The number of furan rings is 1. The van der Waals surface area contributed by atoms with Crippen LogP contribution in [0.25, 0.3) is 11.5 Å². The van der Waals surface area contributed by atoms with Crippen molar-refractivity contribution in [2.45, 2.75) is 39.2 Å². The van der Waals surface area contributed by atoms with Crippen molar-refractivity contribution in [2.24, 2.45) is 0 Å². The number of aromatic nitrogens is 3. The fourth-order valence-corrected chi connectivity index (χ4v) is 1.89. The van der Waals surface area contributed by atoms with Gasteiger partial charge < -0.3 is 4.42 Å². The summed E-state index contributed by atoms with van der Waals surface area (Å²) >= 11 is 0. The van der Waals surface area contributed by atoms with Crippen LogP contribution in [0.15, 0.2) is 22.8 Å². The summed E-state index contributed by atoms with van der Waals surface area (Å²) in [6.45, 7) is 2.95. The lowest BCUT2D eigenvalue weighted by molar-refractivity contribution is 0.518. The first kappa shape index (κ1) is 12.4. The highest BCUT2D eigenvalue weighted by Gasteiger charge is 2.16. The van der Waals surface area contributed by atoms with Crippen molar-refractivity contribution in [2.75, 3.05) is 0 Å². The van der Waals surface area contributed by atoms with E-state index in [1.165, 1.54) is 12.8 Å². The molecule has 5 nitrogen and oxygen atoms in total. The molecule has 18 heavy (non-hydrogen) atoms. The number of hydrogen-bond acceptors (Lipinski definition) is 4. The molecule has 2 rings (SSSR count). The molecule has 0 saturated carbocycles. The first-order chi connectivity index (χ1) is 8.86. The zero-order valence-electron chi connectivity index (χ0n) is 10.5. The number of nitrogens with zero attached hydrogens (tertiary/aromatic N) is 4. The third kappa shape index (κ3) is 2.59. The quantitative estimate of drug-likeness (QED) is 0.732. The Bertz CT molecular complexity index is 522. The Morgan fingerprint density at radius 2 is 2.28 bits per heavy atom. The van der Waals surface area contributed by atoms with Crippen LogP contribution in [0.4, 0.5) is 0 Å². The molecule has 0 fully saturated rings. The number of hydrogen-bond donors (Lipinski definition) is 0. The summed E-state index contributed by atoms with van der Waals surface area (Å²) in [6, 6.07) is 5.67. The molecule has 0 unspecified atom stereocenters. The Hall–Kier alpha value is -2.09. The zero-order chi connectivity index (χ0) is 12.8. The Morgan fingerprint density at radius 1 is 1.39 bits per heavy atom. The average Bonchev–Trinajstić information content (AvgIpc) is 3.02. The number of aryl methyl sites for hydroxylation is 1. The minimum Gasteiger partial charge on any atom is -0.463 e. The first-order valence-electron chi connectivity index (χ1n) is 6.24. The maximum Gasteiger partial charge on any atom is 0.193 e. The Morgan fingerprint density at radius 3 is 2.94 bits per heavy atom. The summed E-state index contributed by atoms with van der Waals surface area (Å²) < 4.78 is 7.09. The molecule has 2 aromatic heterocycles. The number of nitriles is 1. The molecular formula is C13H16N4O. The highest BCUT2D eigenvalue weighted by molar-refractivity contribution is 5.58. The largest absolute Gasteiger partial charge is 0.463 e. The van der Waals surface area contributed by atoms with Gasteiger partial charge in [-0.2, -0.15) is 5.26 Å². The molecule has 0 atom stereocenters. The van der Waals surface area contributed by atoms with Gasteiger partial charge in [-0.15, -0.1) is 5.10 Å². The van der Waals surface area contributed by atoms with Gasteiger partial charge in [-0.3, -0.25) is 0 Å². The minimum absolute atomic E-state index is 0.320. The molecule has 0 aliphatic heterocycles. The van der Waals surface area contributed by atoms with Crippen molar-refractivity contribution in [1.82, 2.24) is 15.0 Å². The van der Waals surface area contributed by atoms with Crippen LogP contribution < -0.4 is 0 Å². The fraction of sp³-hybridized carbons (Fsp3) is 0.462. The summed E-state index contributed by atoms with van der Waals surface area (Å²) in [6.07, 6.45) is 6.21. The van der Waals surface area contributed by atoms with Gasteiger partial charge in [-0.1, -0.05) is 31.4 Å². The van der Waals surface area contributed by atoms with Gasteiger partial charge in [0.2, 0.25) is 0 Å². The second-order valence-electron chi connectivity index (χ2n) is 4.16. The molecule has 0 spiro atoms. The Kier molecular flexibility index (Phi) is 4.13. The van der Waals surface area contributed by atoms with Crippen LogP contribution >= 0.6 is 0 Å². The highest BCUT2D eigenvalue weighted by Crippen LogP contribution is 2.22. The summed E-state index contributed by atoms with van der Waals surface area (Å²) in [5, 5.41) is 16.9. The van der Waals surface area contributed by atoms with E-state index in [0.717, 1.165) is 19.4 Å². The molecule has 0 aliphatic carbocycles. The lowest BCUT2D eigenvalue weighted by Crippen LogP contribution is -2.02. The average molecular weight is 244 g/mol. The van der Waals surface area contributed by atoms with Crippen LogP contribution in [-0.4, -0.2) is 15.0 Å². The van der Waals surface area contributed by atoms with Crippen LogP contribution in [0.2, 0.25) is 0 Å². The Labute approximate surface area is 106 Å². The van der Waals surface area contributed by atoms with Gasteiger partial charge in [0, 0.05) is 6.54 Å². The topological polar surface area (TPSA) is 67.6 Å². The molecule has 2 aromatic rings. The maximum absolute atomic E-state index is 9.03. The lowest BCUT2D eigenvalue weighted by Gasteiger charge is -2.03. The summed E-state index contributed by atoms with van der Waals surface area (Å²) in [5.41, 5.74) is 0.999. The van der Waals surface area contributed by atoms with E-state index in [-0.39, 0.29) is 0 Å². The third-order valence-corrected chi connectivity index (χ3v) is 2.82. The van der Waals surface area contributed by atoms with Crippen LogP contribution in [0.1, 0.15) is 38.3 Å². The molecule has 0 aromatic carbocycles. The van der Waals surface area contributed by atoms with Gasteiger partial charge in [0.05, 0.1) is 6.26 Å². The molecule has 2 heterocycles. The van der Waals surface area contributed by atoms with Gasteiger partial charge in [0.1, 0.15) is 11.8 Å². The van der Waals surface area contributed by atoms with Crippen LogP contribution in [-0.2, 0) is 6.54 Å². The van der Waals surface area contributed by atoms with E-state index in [1.54, 1.807) is 17.0 Å². The van der Waals surface area contributed by atoms with Crippen molar-refractivity contribution in [1.29, 1.82) is 5.26 Å². The first-order valence-corrected chi connectivity index (χ1v) is 6.24. The SMILES string of the molecule is CCCCCCn1nnc(C#N)c1-c1ccco1. The van der Waals surface area contributed by atoms with E-state index >= 15 is 0 Å². The van der Waals surface area contributed by atoms with Crippen molar-refractivity contribution < 1.29 is 4.42 Å². The molecule has 94 valence electrons. The van der Waals surface area contributed by atoms with Crippen molar-refractivity contribution in [3.63, 3.8) is 0 Å². The summed E-state index contributed by atoms with van der Waals surface area (Å²) in [5.74, 6) is 0.645. The monoisotopic (exact) mass is 244 g/mol. The van der Waals surface area contributed by atoms with Gasteiger partial charge in [-0.25, -0.2) is 4.68 Å². The lowest BCUT2D eigenvalue weighted by atomic mass is 10.2. The van der Waals surface area contributed by atoms with Crippen LogP contribution in [0.3, 0.4) is 0 Å². The summed E-state index contributed by atoms with van der Waals surface area (Å²) in [7, 11) is 0. The molecule has 0 amide bonds. The maximum atomic E-state index is 9.03. The zero-order valence-corrected chi connectivity index (χ0v) is 10.5. The van der Waals surface area contributed by atoms with E-state index in [0.29, 0.717) is 17.1 Å². The van der Waals surface area contributed by atoms with Gasteiger partial charge >= 0.3 is 0 Å². The van der Waals surface area contributed by atoms with Crippen molar-refractivity contribution >= 4 is 0 Å². The molecule has 0 radical (unpaired) electrons. The molecule has 0 saturated heterocycles. The number of rotatable bonds is 6. The predicted octanol–water partition coefficient (Wildman–Crippen LogP) is 2.99. The summed E-state index contributed by atoms with van der Waals surface area (Å²) in [4.78, 5) is 0. The van der Waals surface area contributed by atoms with Gasteiger partial charge in [-0.05, 0) is 18.6 Å². The van der Waals surface area contributed by atoms with E-state index in [1.807, 2.05) is 6.07 Å². The van der Waals surface area contributed by atoms with Gasteiger partial charge in [0.25, 0.3) is 0 Å². The normalized spacial score (nSPS) is 10.4. The molecule has 0 aliphatic rings. The Balaban J connectivity index is 2.16. The predicted molar refractivity (Wildman–Crippen MR) is 66.6 cm³/mol. The van der Waals surface area contributed by atoms with Crippen molar-refractivity contribution in [3.8, 4) is 17.5 Å². The molecule has 0 N–H and O–H groups in total. The van der Waals surface area contributed by atoms with Crippen molar-refractivity contribution in [3.05, 3.63) is 24.1 Å². The van der Waals surface area contributed by atoms with E-state index in [4.69, 9.17) is 9.68 Å². The van der Waals surface area contributed by atoms with Crippen LogP contribution in [0.5, 0.6) is 0 Å². The molecule has 5 heteroatoms. The fourth-order valence-electron chi connectivity index (χ4n) is 1.89. The second kappa shape index (κ2) is 6.01. The second-order valence-corrected chi connectivity index (χ2v) is 4.16. The highest BCUT2D eigenvalue weighted by atomic mass is 16.3. The van der Waals surface area contributed by atoms with Gasteiger partial charge in [0.15, 0.2) is 11.5 Å². The molecule has 0 bridgehead atoms. The van der Waals surface area contributed by atoms with E-state index in [9.17, 15) is 0 Å². The standard InChI is InChI=1S/C13H16N4O/c1-2-3-4-5-8-17-13(11(10-14)15-16-17)12-7-6-9-18-12/h6-7,9H,2-5,8H2,1H3. The molecular weight excluding hydrogens is 228 g/mol. The smallest absolute Gasteiger partial charge is 0.193 e.